The van der Waals surface area contributed by atoms with Crippen LogP contribution in [0.1, 0.15) is 23.7 Å². The van der Waals surface area contributed by atoms with Gasteiger partial charge in [-0.1, -0.05) is 41.1 Å². The van der Waals surface area contributed by atoms with Crippen LogP contribution in [0.4, 0.5) is 0 Å². The summed E-state index contributed by atoms with van der Waals surface area (Å²) in [6.07, 6.45) is 1.04. The van der Waals surface area contributed by atoms with Crippen LogP contribution in [0.3, 0.4) is 0 Å². The topological polar surface area (TPSA) is 12.9 Å². The molecule has 0 fully saturated rings. The maximum absolute atomic E-state index is 4.63. The summed E-state index contributed by atoms with van der Waals surface area (Å²) in [4.78, 5) is 4.63. The molecule has 0 radical (unpaired) electrons. The summed E-state index contributed by atoms with van der Waals surface area (Å²) in [5, 5.41) is 2.16. The summed E-state index contributed by atoms with van der Waals surface area (Å²) < 4.78 is 0. The van der Waals surface area contributed by atoms with E-state index >= 15 is 0 Å². The second kappa shape index (κ2) is 4.31. The number of aromatic nitrogens is 1. The number of hydrogen-bond acceptors (Lipinski definition) is 1. The normalized spacial score (nSPS) is 10.9. The number of benzene rings is 1. The van der Waals surface area contributed by atoms with Crippen LogP contribution in [0.5, 0.6) is 0 Å². The van der Waals surface area contributed by atoms with E-state index in [-0.39, 0.29) is 0 Å². The van der Waals surface area contributed by atoms with Gasteiger partial charge in [0.25, 0.3) is 0 Å². The molecule has 1 aromatic carbocycles. The van der Waals surface area contributed by atoms with E-state index in [9.17, 15) is 0 Å². The third kappa shape index (κ3) is 1.91. The van der Waals surface area contributed by atoms with Gasteiger partial charge >= 0.3 is 0 Å². The summed E-state index contributed by atoms with van der Waals surface area (Å²) in [7, 11) is 0. The molecule has 0 amide bonds. The zero-order valence-electron chi connectivity index (χ0n) is 9.05. The first kappa shape index (κ1) is 10.6. The lowest BCUT2D eigenvalue weighted by molar-refractivity contribution is 1.13. The summed E-state index contributed by atoms with van der Waals surface area (Å²) in [5.41, 5.74) is 4.92. The Bertz CT molecular complexity index is 491. The minimum Gasteiger partial charge on any atom is -0.253 e. The number of pyridine rings is 1. The lowest BCUT2D eigenvalue weighted by Gasteiger charge is -2.08. The highest BCUT2D eigenvalue weighted by atomic mass is 79.9. The zero-order chi connectivity index (χ0) is 10.8. The second-order valence-corrected chi connectivity index (χ2v) is 4.28. The molecule has 1 aromatic heterocycles. The highest BCUT2D eigenvalue weighted by molar-refractivity contribution is 9.08. The average molecular weight is 264 g/mol. The molecule has 0 aliphatic carbocycles. The molecule has 0 aliphatic heterocycles. The third-order valence-electron chi connectivity index (χ3n) is 2.66. The molecule has 0 saturated carbocycles. The van der Waals surface area contributed by atoms with Gasteiger partial charge in [-0.05, 0) is 30.5 Å². The Balaban J connectivity index is 2.82. The predicted molar refractivity (Wildman–Crippen MR) is 68.5 cm³/mol. The Kier molecular flexibility index (Phi) is 3.06. The van der Waals surface area contributed by atoms with Gasteiger partial charge in [0.15, 0.2) is 0 Å². The standard InChI is InChI=1S/C13H14BrN/c1-3-10-5-4-6-12-11(8-14)7-9(2)15-13(10)12/h4-7H,3,8H2,1-2H3. The number of halogens is 1. The van der Waals surface area contributed by atoms with Gasteiger partial charge < -0.3 is 0 Å². The Morgan fingerprint density at radius 1 is 1.27 bits per heavy atom. The number of para-hydroxylation sites is 1. The fraction of sp³-hybridized carbons (Fsp3) is 0.308. The lowest BCUT2D eigenvalue weighted by atomic mass is 10.0. The van der Waals surface area contributed by atoms with Crippen LogP contribution in [0.2, 0.25) is 0 Å². The fourth-order valence-corrected chi connectivity index (χ4v) is 2.38. The maximum atomic E-state index is 4.63. The molecule has 0 spiro atoms. The maximum Gasteiger partial charge on any atom is 0.0740 e. The van der Waals surface area contributed by atoms with E-state index in [4.69, 9.17) is 0 Å². The molecule has 0 bridgehead atoms. The van der Waals surface area contributed by atoms with Crippen LogP contribution in [-0.4, -0.2) is 4.98 Å². The molecule has 15 heavy (non-hydrogen) atoms. The second-order valence-electron chi connectivity index (χ2n) is 3.72. The molecule has 2 heteroatoms. The fourth-order valence-electron chi connectivity index (χ4n) is 1.92. The van der Waals surface area contributed by atoms with Crippen molar-refractivity contribution in [1.82, 2.24) is 4.98 Å². The van der Waals surface area contributed by atoms with Gasteiger partial charge in [0.1, 0.15) is 0 Å². The Labute approximate surface area is 98.7 Å². The SMILES string of the molecule is CCc1cccc2c(CBr)cc(C)nc12. The smallest absolute Gasteiger partial charge is 0.0740 e. The van der Waals surface area contributed by atoms with E-state index in [2.05, 4.69) is 59.0 Å². The van der Waals surface area contributed by atoms with Gasteiger partial charge in [-0.25, -0.2) is 0 Å². The van der Waals surface area contributed by atoms with Crippen molar-refractivity contribution in [3.63, 3.8) is 0 Å². The summed E-state index contributed by atoms with van der Waals surface area (Å²) in [6, 6.07) is 8.57. The van der Waals surface area contributed by atoms with E-state index in [1.165, 1.54) is 16.5 Å². The molecule has 78 valence electrons. The monoisotopic (exact) mass is 263 g/mol. The van der Waals surface area contributed by atoms with Crippen molar-refractivity contribution < 1.29 is 0 Å². The highest BCUT2D eigenvalue weighted by Crippen LogP contribution is 2.23. The highest BCUT2D eigenvalue weighted by Gasteiger charge is 2.05. The quantitative estimate of drug-likeness (QED) is 0.747. The van der Waals surface area contributed by atoms with Crippen molar-refractivity contribution in [2.45, 2.75) is 25.6 Å². The van der Waals surface area contributed by atoms with Crippen LogP contribution in [-0.2, 0) is 11.8 Å². The predicted octanol–water partition coefficient (Wildman–Crippen LogP) is 4.00. The molecule has 0 saturated heterocycles. The molecule has 2 aromatic rings. The molecule has 0 atom stereocenters. The van der Waals surface area contributed by atoms with Crippen LogP contribution in [0, 0.1) is 6.92 Å². The van der Waals surface area contributed by atoms with Gasteiger partial charge in [-0.2, -0.15) is 0 Å². The Morgan fingerprint density at radius 2 is 2.07 bits per heavy atom. The third-order valence-corrected chi connectivity index (χ3v) is 3.27. The van der Waals surface area contributed by atoms with Gasteiger partial charge in [0, 0.05) is 16.4 Å². The van der Waals surface area contributed by atoms with E-state index < -0.39 is 0 Å². The van der Waals surface area contributed by atoms with Crippen LogP contribution in [0.25, 0.3) is 10.9 Å². The molecule has 2 rings (SSSR count). The molecule has 1 nitrogen and oxygen atoms in total. The lowest BCUT2D eigenvalue weighted by Crippen LogP contribution is -1.93. The Morgan fingerprint density at radius 3 is 2.73 bits per heavy atom. The number of fused-ring (bicyclic) bond motifs is 1. The van der Waals surface area contributed by atoms with Crippen molar-refractivity contribution in [2.75, 3.05) is 0 Å². The van der Waals surface area contributed by atoms with Crippen molar-refractivity contribution in [2.24, 2.45) is 0 Å². The van der Waals surface area contributed by atoms with Crippen LogP contribution in [0.15, 0.2) is 24.3 Å². The number of nitrogens with zero attached hydrogens (tertiary/aromatic N) is 1. The zero-order valence-corrected chi connectivity index (χ0v) is 10.6. The molecule has 0 aliphatic rings. The van der Waals surface area contributed by atoms with Crippen molar-refractivity contribution >= 4 is 26.8 Å². The summed E-state index contributed by atoms with van der Waals surface area (Å²) in [5.74, 6) is 0. The molecule has 0 unspecified atom stereocenters. The van der Waals surface area contributed by atoms with Crippen molar-refractivity contribution in [3.8, 4) is 0 Å². The summed E-state index contributed by atoms with van der Waals surface area (Å²) >= 11 is 3.53. The van der Waals surface area contributed by atoms with Crippen LogP contribution < -0.4 is 0 Å². The number of alkyl halides is 1. The summed E-state index contributed by atoms with van der Waals surface area (Å²) in [6.45, 7) is 4.23. The largest absolute Gasteiger partial charge is 0.253 e. The van der Waals surface area contributed by atoms with Crippen molar-refractivity contribution in [3.05, 3.63) is 41.1 Å². The van der Waals surface area contributed by atoms with Crippen LogP contribution >= 0.6 is 15.9 Å². The van der Waals surface area contributed by atoms with Gasteiger partial charge in [-0.15, -0.1) is 0 Å². The molecular weight excluding hydrogens is 250 g/mol. The average Bonchev–Trinajstić information content (AvgIpc) is 2.27. The van der Waals surface area contributed by atoms with E-state index in [1.54, 1.807) is 0 Å². The van der Waals surface area contributed by atoms with Crippen molar-refractivity contribution in [1.29, 1.82) is 0 Å². The Hall–Kier alpha value is -0.890. The van der Waals surface area contributed by atoms with Gasteiger partial charge in [0.2, 0.25) is 0 Å². The molecular formula is C13H14BrN. The van der Waals surface area contributed by atoms with Gasteiger partial charge in [0.05, 0.1) is 5.52 Å². The molecule has 1 heterocycles. The minimum atomic E-state index is 0.889. The number of hydrogen-bond donors (Lipinski definition) is 0. The number of aryl methyl sites for hydroxylation is 2. The first-order valence-corrected chi connectivity index (χ1v) is 6.32. The van der Waals surface area contributed by atoms with E-state index in [1.807, 2.05) is 0 Å². The first-order chi connectivity index (χ1) is 7.26. The first-order valence-electron chi connectivity index (χ1n) is 5.20. The molecule has 0 N–H and O–H groups in total. The van der Waals surface area contributed by atoms with E-state index in [0.717, 1.165) is 23.0 Å². The minimum absolute atomic E-state index is 0.889. The van der Waals surface area contributed by atoms with Gasteiger partial charge in [-0.3, -0.25) is 4.98 Å². The number of rotatable bonds is 2. The van der Waals surface area contributed by atoms with E-state index in [0.29, 0.717) is 0 Å².